The summed E-state index contributed by atoms with van der Waals surface area (Å²) >= 11 is 5.82. The second-order valence-corrected chi connectivity index (χ2v) is 7.14. The Bertz CT molecular complexity index is 1040. The molecule has 1 aliphatic rings. The number of halogens is 2. The van der Waals surface area contributed by atoms with Gasteiger partial charge in [-0.2, -0.15) is 4.98 Å². The van der Waals surface area contributed by atoms with Gasteiger partial charge in [-0.3, -0.25) is 0 Å². The molecular weight excluding hydrogens is 385 g/mol. The molecule has 1 fully saturated rings. The van der Waals surface area contributed by atoms with Gasteiger partial charge in [0.1, 0.15) is 5.82 Å². The second kappa shape index (κ2) is 7.61. The summed E-state index contributed by atoms with van der Waals surface area (Å²) in [6, 6.07) is 6.15. The Morgan fingerprint density at radius 2 is 2.29 bits per heavy atom. The van der Waals surface area contributed by atoms with Crippen LogP contribution in [0.15, 0.2) is 35.6 Å². The van der Waals surface area contributed by atoms with Gasteiger partial charge >= 0.3 is 0 Å². The molecule has 4 rings (SSSR count). The fourth-order valence-electron chi connectivity index (χ4n) is 3.28. The predicted molar refractivity (Wildman–Crippen MR) is 107 cm³/mol. The quantitative estimate of drug-likeness (QED) is 0.231. The number of benzene rings is 1. The van der Waals surface area contributed by atoms with Crippen LogP contribution in [0.3, 0.4) is 0 Å². The summed E-state index contributed by atoms with van der Waals surface area (Å²) in [5, 5.41) is 19.2. The minimum atomic E-state index is -0.525. The van der Waals surface area contributed by atoms with Gasteiger partial charge in [-0.15, -0.1) is 0 Å². The molecule has 10 heteroatoms. The Morgan fingerprint density at radius 1 is 1.43 bits per heavy atom. The highest BCUT2D eigenvalue weighted by molar-refractivity contribution is 6.31. The van der Waals surface area contributed by atoms with E-state index in [0.29, 0.717) is 34.4 Å². The van der Waals surface area contributed by atoms with Crippen LogP contribution in [0.25, 0.3) is 11.2 Å². The van der Waals surface area contributed by atoms with E-state index in [9.17, 15) is 9.60 Å². The number of hydrogen-bond donors (Lipinski definition) is 4. The molecule has 3 aromatic rings. The number of likely N-dealkylation sites (tertiary alicyclic amines) is 1. The first-order chi connectivity index (χ1) is 13.5. The van der Waals surface area contributed by atoms with Gasteiger partial charge in [0.25, 0.3) is 0 Å². The molecule has 146 valence electrons. The summed E-state index contributed by atoms with van der Waals surface area (Å²) in [6.45, 7) is 1.97. The Hall–Kier alpha value is -2.91. The summed E-state index contributed by atoms with van der Waals surface area (Å²) in [6.07, 6.45) is 2.61. The van der Waals surface area contributed by atoms with Gasteiger partial charge in [-0.1, -0.05) is 16.8 Å². The van der Waals surface area contributed by atoms with Crippen molar-refractivity contribution < 1.29 is 9.60 Å². The van der Waals surface area contributed by atoms with E-state index in [1.54, 1.807) is 12.3 Å². The van der Waals surface area contributed by atoms with Crippen LogP contribution in [0.1, 0.15) is 12.0 Å². The Labute approximate surface area is 165 Å². The van der Waals surface area contributed by atoms with E-state index in [0.717, 1.165) is 19.5 Å². The molecule has 0 saturated carbocycles. The number of aromatic amines is 1. The molecule has 1 aromatic carbocycles. The van der Waals surface area contributed by atoms with Crippen LogP contribution >= 0.6 is 11.6 Å². The van der Waals surface area contributed by atoms with Crippen molar-refractivity contribution in [1.29, 1.82) is 0 Å². The maximum absolute atomic E-state index is 13.4. The number of imidazole rings is 1. The lowest BCUT2D eigenvalue weighted by atomic mass is 10.2. The molecule has 1 unspecified atom stereocenters. The van der Waals surface area contributed by atoms with Crippen molar-refractivity contribution in [3.8, 4) is 0 Å². The lowest BCUT2D eigenvalue weighted by Crippen LogP contribution is -2.24. The SMILES string of the molecule is CN1CCC(Nc2nc3nccc(/C(=N\O)Nc4ccc(F)c(Cl)c4)c3[nH]2)C1. The van der Waals surface area contributed by atoms with Gasteiger partial charge in [-0.05, 0) is 44.3 Å². The number of anilines is 2. The minimum Gasteiger partial charge on any atom is -0.409 e. The molecule has 0 spiro atoms. The van der Waals surface area contributed by atoms with Crippen LogP contribution < -0.4 is 10.6 Å². The molecule has 0 amide bonds. The summed E-state index contributed by atoms with van der Waals surface area (Å²) < 4.78 is 13.4. The van der Waals surface area contributed by atoms with E-state index in [1.165, 1.54) is 18.2 Å². The zero-order valence-electron chi connectivity index (χ0n) is 15.1. The van der Waals surface area contributed by atoms with Crippen LogP contribution in [-0.2, 0) is 0 Å². The molecule has 8 nitrogen and oxygen atoms in total. The smallest absolute Gasteiger partial charge is 0.203 e. The van der Waals surface area contributed by atoms with Gasteiger partial charge in [-0.25, -0.2) is 9.37 Å². The van der Waals surface area contributed by atoms with Crippen LogP contribution in [0.4, 0.5) is 16.0 Å². The maximum atomic E-state index is 13.4. The molecule has 2 aromatic heterocycles. The maximum Gasteiger partial charge on any atom is 0.203 e. The number of aromatic nitrogens is 3. The van der Waals surface area contributed by atoms with Crippen LogP contribution in [0.5, 0.6) is 0 Å². The van der Waals surface area contributed by atoms with E-state index in [1.807, 2.05) is 0 Å². The fraction of sp³-hybridized carbons (Fsp3) is 0.278. The number of hydrogen-bond acceptors (Lipinski definition) is 6. The monoisotopic (exact) mass is 403 g/mol. The fourth-order valence-corrected chi connectivity index (χ4v) is 3.46. The minimum absolute atomic E-state index is 0.0308. The largest absolute Gasteiger partial charge is 0.409 e. The standard InChI is InChI=1S/C18H19ClFN7O/c1-27-7-5-11(9-27)23-18-24-15-12(4-6-21-17(15)25-18)16(26-28)22-10-2-3-14(20)13(19)8-10/h2-4,6,8,11,28H,5,7,9H2,1H3,(H,22,26)(H2,21,23,24,25). The molecule has 0 radical (unpaired) electrons. The summed E-state index contributed by atoms with van der Waals surface area (Å²) in [5.74, 6) is 0.242. The Kier molecular flexibility index (Phi) is 5.01. The zero-order valence-corrected chi connectivity index (χ0v) is 15.8. The molecule has 0 aliphatic carbocycles. The third kappa shape index (κ3) is 3.71. The lowest BCUT2D eigenvalue weighted by molar-refractivity contribution is 0.319. The third-order valence-electron chi connectivity index (χ3n) is 4.66. The van der Waals surface area contributed by atoms with Gasteiger partial charge in [0, 0.05) is 30.0 Å². The van der Waals surface area contributed by atoms with Crippen molar-refractivity contribution in [2.75, 3.05) is 30.8 Å². The van der Waals surface area contributed by atoms with Crippen LogP contribution in [0.2, 0.25) is 5.02 Å². The molecule has 1 aliphatic heterocycles. The molecule has 4 N–H and O–H groups in total. The lowest BCUT2D eigenvalue weighted by Gasteiger charge is -2.11. The number of amidine groups is 1. The number of fused-ring (bicyclic) bond motifs is 1. The second-order valence-electron chi connectivity index (χ2n) is 6.74. The summed E-state index contributed by atoms with van der Waals surface area (Å²) in [5.41, 5.74) is 2.16. The Morgan fingerprint density at radius 3 is 3.00 bits per heavy atom. The first-order valence-corrected chi connectivity index (χ1v) is 9.15. The predicted octanol–water partition coefficient (Wildman–Crippen LogP) is 3.11. The van der Waals surface area contributed by atoms with Crippen molar-refractivity contribution in [3.05, 3.63) is 46.9 Å². The van der Waals surface area contributed by atoms with E-state index in [-0.39, 0.29) is 10.9 Å². The molecular formula is C18H19ClFN7O. The molecule has 0 bridgehead atoms. The highest BCUT2D eigenvalue weighted by Gasteiger charge is 2.21. The van der Waals surface area contributed by atoms with Gasteiger partial charge in [0.2, 0.25) is 5.95 Å². The third-order valence-corrected chi connectivity index (χ3v) is 4.95. The Balaban J connectivity index is 1.62. The first-order valence-electron chi connectivity index (χ1n) is 8.78. The number of pyridine rings is 1. The van der Waals surface area contributed by atoms with Crippen molar-refractivity contribution >= 4 is 40.2 Å². The van der Waals surface area contributed by atoms with Crippen LogP contribution in [0, 0.1) is 5.82 Å². The van der Waals surface area contributed by atoms with E-state index < -0.39 is 5.82 Å². The van der Waals surface area contributed by atoms with E-state index in [2.05, 4.69) is 42.7 Å². The average Bonchev–Trinajstić information content (AvgIpc) is 3.28. The number of rotatable bonds is 4. The topological polar surface area (TPSA) is 101 Å². The van der Waals surface area contributed by atoms with Crippen molar-refractivity contribution in [2.45, 2.75) is 12.5 Å². The number of nitrogens with one attached hydrogen (secondary N) is 3. The normalized spacial score (nSPS) is 18.0. The highest BCUT2D eigenvalue weighted by atomic mass is 35.5. The number of oxime groups is 1. The molecule has 1 atom stereocenters. The van der Waals surface area contributed by atoms with Crippen molar-refractivity contribution in [2.24, 2.45) is 5.16 Å². The van der Waals surface area contributed by atoms with E-state index >= 15 is 0 Å². The summed E-state index contributed by atoms with van der Waals surface area (Å²) in [7, 11) is 2.08. The first kappa shape index (κ1) is 18.5. The van der Waals surface area contributed by atoms with Gasteiger partial charge in [0.05, 0.1) is 10.5 Å². The van der Waals surface area contributed by atoms with E-state index in [4.69, 9.17) is 11.6 Å². The molecule has 3 heterocycles. The summed E-state index contributed by atoms with van der Waals surface area (Å²) in [4.78, 5) is 14.2. The van der Waals surface area contributed by atoms with Gasteiger partial charge in [0.15, 0.2) is 11.5 Å². The number of likely N-dealkylation sites (N-methyl/N-ethyl adjacent to an activating group) is 1. The van der Waals surface area contributed by atoms with Crippen molar-refractivity contribution in [1.82, 2.24) is 19.9 Å². The van der Waals surface area contributed by atoms with Crippen LogP contribution in [-0.4, -0.2) is 57.1 Å². The number of nitrogens with zero attached hydrogens (tertiary/aromatic N) is 4. The van der Waals surface area contributed by atoms with Crippen molar-refractivity contribution in [3.63, 3.8) is 0 Å². The number of H-pyrrole nitrogens is 1. The van der Waals surface area contributed by atoms with Gasteiger partial charge < -0.3 is 25.7 Å². The highest BCUT2D eigenvalue weighted by Crippen LogP contribution is 2.23. The average molecular weight is 404 g/mol. The molecule has 28 heavy (non-hydrogen) atoms. The zero-order chi connectivity index (χ0) is 19.7. The molecule has 1 saturated heterocycles.